The molecule has 1 atom stereocenters. The fourth-order valence-corrected chi connectivity index (χ4v) is 2.95. The standard InChI is InChI=1S/C18H18O2/c1-2-12-11-16(19)15-10-6-9-14(17(15)18(12)20)13-7-4-3-5-8-13/h3-9,11,14,19-20H,2,10H2,1H3. The van der Waals surface area contributed by atoms with Gasteiger partial charge in [-0.15, -0.1) is 0 Å². The molecule has 1 aliphatic carbocycles. The van der Waals surface area contributed by atoms with Crippen LogP contribution in [0, 0.1) is 0 Å². The molecule has 1 unspecified atom stereocenters. The van der Waals surface area contributed by atoms with Crippen LogP contribution in [0.1, 0.15) is 35.1 Å². The van der Waals surface area contributed by atoms with Crippen LogP contribution in [0.25, 0.3) is 0 Å². The predicted octanol–water partition coefficient (Wildman–Crippen LogP) is 3.90. The smallest absolute Gasteiger partial charge is 0.123 e. The number of allylic oxidation sites excluding steroid dienone is 2. The Morgan fingerprint density at radius 3 is 2.60 bits per heavy atom. The summed E-state index contributed by atoms with van der Waals surface area (Å²) < 4.78 is 0. The van der Waals surface area contributed by atoms with E-state index in [0.29, 0.717) is 24.3 Å². The van der Waals surface area contributed by atoms with Gasteiger partial charge in [0.05, 0.1) is 0 Å². The normalized spacial score (nSPS) is 16.9. The molecule has 0 radical (unpaired) electrons. The van der Waals surface area contributed by atoms with E-state index in [1.54, 1.807) is 6.07 Å². The Kier molecular flexibility index (Phi) is 3.23. The monoisotopic (exact) mass is 266 g/mol. The highest BCUT2D eigenvalue weighted by atomic mass is 16.3. The Balaban J connectivity index is 2.22. The lowest BCUT2D eigenvalue weighted by atomic mass is 9.81. The Morgan fingerprint density at radius 2 is 1.90 bits per heavy atom. The lowest BCUT2D eigenvalue weighted by Gasteiger charge is -2.25. The van der Waals surface area contributed by atoms with E-state index >= 15 is 0 Å². The highest BCUT2D eigenvalue weighted by molar-refractivity contribution is 5.59. The Labute approximate surface area is 119 Å². The van der Waals surface area contributed by atoms with Gasteiger partial charge < -0.3 is 10.2 Å². The molecule has 0 heterocycles. The van der Waals surface area contributed by atoms with Gasteiger partial charge in [0.2, 0.25) is 0 Å². The Morgan fingerprint density at radius 1 is 1.15 bits per heavy atom. The number of hydrogen-bond acceptors (Lipinski definition) is 2. The first kappa shape index (κ1) is 12.8. The van der Waals surface area contributed by atoms with Crippen molar-refractivity contribution in [2.75, 3.05) is 0 Å². The molecule has 0 saturated carbocycles. The Bertz CT molecular complexity index is 657. The molecular weight excluding hydrogens is 248 g/mol. The molecule has 20 heavy (non-hydrogen) atoms. The summed E-state index contributed by atoms with van der Waals surface area (Å²) in [5.74, 6) is 0.635. The fourth-order valence-electron chi connectivity index (χ4n) is 2.95. The summed E-state index contributed by atoms with van der Waals surface area (Å²) in [4.78, 5) is 0. The van der Waals surface area contributed by atoms with Crippen molar-refractivity contribution in [2.24, 2.45) is 0 Å². The minimum Gasteiger partial charge on any atom is -0.508 e. The molecule has 3 rings (SSSR count). The van der Waals surface area contributed by atoms with Crippen LogP contribution in [0.5, 0.6) is 11.5 Å². The maximum absolute atomic E-state index is 10.5. The van der Waals surface area contributed by atoms with Gasteiger partial charge in [-0.25, -0.2) is 0 Å². The van der Waals surface area contributed by atoms with Crippen molar-refractivity contribution in [1.82, 2.24) is 0 Å². The van der Waals surface area contributed by atoms with E-state index in [4.69, 9.17) is 0 Å². The highest BCUT2D eigenvalue weighted by Crippen LogP contribution is 2.43. The van der Waals surface area contributed by atoms with Crippen LogP contribution < -0.4 is 0 Å². The average Bonchev–Trinajstić information content (AvgIpc) is 2.51. The lowest BCUT2D eigenvalue weighted by molar-refractivity contribution is 0.442. The third-order valence-corrected chi connectivity index (χ3v) is 4.01. The van der Waals surface area contributed by atoms with Crippen molar-refractivity contribution in [2.45, 2.75) is 25.7 Å². The van der Waals surface area contributed by atoms with Gasteiger partial charge in [0, 0.05) is 17.0 Å². The molecule has 0 fully saturated rings. The summed E-state index contributed by atoms with van der Waals surface area (Å²) in [7, 11) is 0. The quantitative estimate of drug-likeness (QED) is 0.639. The number of aromatic hydroxyl groups is 2. The van der Waals surface area contributed by atoms with E-state index in [1.807, 2.05) is 25.1 Å². The molecule has 0 spiro atoms. The zero-order chi connectivity index (χ0) is 14.1. The number of aryl methyl sites for hydroxylation is 1. The summed E-state index contributed by atoms with van der Waals surface area (Å²) in [6.45, 7) is 1.98. The van der Waals surface area contributed by atoms with E-state index < -0.39 is 0 Å². The molecule has 2 nitrogen and oxygen atoms in total. The van der Waals surface area contributed by atoms with Gasteiger partial charge in [0.1, 0.15) is 11.5 Å². The lowest BCUT2D eigenvalue weighted by Crippen LogP contribution is -2.08. The number of rotatable bonds is 2. The summed E-state index contributed by atoms with van der Waals surface area (Å²) in [6, 6.07) is 11.8. The number of fused-ring (bicyclic) bond motifs is 1. The third kappa shape index (κ3) is 1.97. The van der Waals surface area contributed by atoms with Crippen LogP contribution >= 0.6 is 0 Å². The number of phenolic OH excluding ortho intramolecular Hbond substituents is 2. The van der Waals surface area contributed by atoms with Gasteiger partial charge in [-0.3, -0.25) is 0 Å². The van der Waals surface area contributed by atoms with Gasteiger partial charge in [-0.05, 0) is 30.0 Å². The second kappa shape index (κ2) is 5.04. The van der Waals surface area contributed by atoms with Crippen molar-refractivity contribution >= 4 is 0 Å². The van der Waals surface area contributed by atoms with Crippen molar-refractivity contribution in [3.8, 4) is 11.5 Å². The minimum absolute atomic E-state index is 0.0114. The van der Waals surface area contributed by atoms with E-state index in [-0.39, 0.29) is 5.92 Å². The summed E-state index contributed by atoms with van der Waals surface area (Å²) in [5, 5.41) is 20.8. The van der Waals surface area contributed by atoms with Crippen molar-refractivity contribution in [1.29, 1.82) is 0 Å². The molecule has 2 heteroatoms. The molecular formula is C18H18O2. The topological polar surface area (TPSA) is 40.5 Å². The summed E-state index contributed by atoms with van der Waals surface area (Å²) in [6.07, 6.45) is 5.54. The maximum atomic E-state index is 10.5. The van der Waals surface area contributed by atoms with Crippen LogP contribution in [-0.4, -0.2) is 10.2 Å². The first-order chi connectivity index (χ1) is 9.72. The zero-order valence-corrected chi connectivity index (χ0v) is 11.5. The van der Waals surface area contributed by atoms with Gasteiger partial charge in [0.15, 0.2) is 0 Å². The average molecular weight is 266 g/mol. The summed E-state index contributed by atoms with van der Waals surface area (Å²) >= 11 is 0. The summed E-state index contributed by atoms with van der Waals surface area (Å²) in [5.41, 5.74) is 3.64. The molecule has 2 aromatic carbocycles. The molecule has 1 aliphatic rings. The number of phenols is 2. The van der Waals surface area contributed by atoms with Crippen molar-refractivity contribution in [3.05, 3.63) is 70.8 Å². The molecule has 0 bridgehead atoms. The highest BCUT2D eigenvalue weighted by Gasteiger charge is 2.25. The molecule has 2 N–H and O–H groups in total. The van der Waals surface area contributed by atoms with E-state index in [9.17, 15) is 10.2 Å². The number of hydrogen-bond donors (Lipinski definition) is 2. The van der Waals surface area contributed by atoms with Crippen LogP contribution in [0.2, 0.25) is 0 Å². The van der Waals surface area contributed by atoms with Crippen molar-refractivity contribution < 1.29 is 10.2 Å². The zero-order valence-electron chi connectivity index (χ0n) is 11.5. The van der Waals surface area contributed by atoms with Gasteiger partial charge >= 0.3 is 0 Å². The fraction of sp³-hybridized carbons (Fsp3) is 0.222. The minimum atomic E-state index is 0.0114. The third-order valence-electron chi connectivity index (χ3n) is 4.01. The molecule has 0 amide bonds. The first-order valence-electron chi connectivity index (χ1n) is 7.00. The number of benzene rings is 2. The maximum Gasteiger partial charge on any atom is 0.123 e. The predicted molar refractivity (Wildman–Crippen MR) is 80.3 cm³/mol. The largest absolute Gasteiger partial charge is 0.508 e. The van der Waals surface area contributed by atoms with Crippen LogP contribution in [-0.2, 0) is 12.8 Å². The van der Waals surface area contributed by atoms with Gasteiger partial charge in [-0.2, -0.15) is 0 Å². The molecule has 2 aromatic rings. The van der Waals surface area contributed by atoms with Crippen LogP contribution in [0.3, 0.4) is 0 Å². The second-order valence-electron chi connectivity index (χ2n) is 5.17. The second-order valence-corrected chi connectivity index (χ2v) is 5.17. The van der Waals surface area contributed by atoms with E-state index in [2.05, 4.69) is 24.3 Å². The molecule has 0 saturated heterocycles. The Hall–Kier alpha value is -2.22. The van der Waals surface area contributed by atoms with Gasteiger partial charge in [0.25, 0.3) is 0 Å². The SMILES string of the molecule is CCc1cc(O)c2c(c1O)C(c1ccccc1)C=CC2. The van der Waals surface area contributed by atoms with Crippen LogP contribution in [0.4, 0.5) is 0 Å². The first-order valence-corrected chi connectivity index (χ1v) is 7.00. The molecule has 0 aromatic heterocycles. The van der Waals surface area contributed by atoms with E-state index in [1.165, 1.54) is 0 Å². The van der Waals surface area contributed by atoms with Gasteiger partial charge in [-0.1, -0.05) is 49.4 Å². The molecule has 102 valence electrons. The van der Waals surface area contributed by atoms with Crippen molar-refractivity contribution in [3.63, 3.8) is 0 Å². The molecule has 0 aliphatic heterocycles. The van der Waals surface area contributed by atoms with E-state index in [0.717, 1.165) is 22.3 Å². The van der Waals surface area contributed by atoms with Crippen LogP contribution in [0.15, 0.2) is 48.6 Å².